The normalized spacial score (nSPS) is 10.4. The van der Waals surface area contributed by atoms with Crippen molar-refractivity contribution in [1.29, 1.82) is 0 Å². The van der Waals surface area contributed by atoms with Crippen molar-refractivity contribution in [2.24, 2.45) is 0 Å². The Balaban J connectivity index is 1.91. The van der Waals surface area contributed by atoms with Crippen LogP contribution in [0.15, 0.2) is 41.0 Å². The minimum absolute atomic E-state index is 0.0531. The molecule has 0 atom stereocenters. The average Bonchev–Trinajstić information content (AvgIpc) is 2.91. The van der Waals surface area contributed by atoms with Crippen LogP contribution in [0.1, 0.15) is 21.7 Å². The highest BCUT2D eigenvalue weighted by Gasteiger charge is 2.08. The lowest BCUT2D eigenvalue weighted by atomic mass is 10.1. The van der Waals surface area contributed by atoms with Gasteiger partial charge < -0.3 is 14.5 Å². The molecule has 0 bridgehead atoms. The van der Waals surface area contributed by atoms with Gasteiger partial charge in [0.25, 0.3) is 0 Å². The SMILES string of the molecule is COc1ccc(C(=O)CNCc2ccco2)cc1C. The van der Waals surface area contributed by atoms with Gasteiger partial charge in [0.1, 0.15) is 11.5 Å². The van der Waals surface area contributed by atoms with Crippen molar-refractivity contribution in [3.8, 4) is 5.75 Å². The average molecular weight is 259 g/mol. The Kier molecular flexibility index (Phi) is 4.36. The zero-order chi connectivity index (χ0) is 13.7. The molecular weight excluding hydrogens is 242 g/mol. The van der Waals surface area contributed by atoms with Gasteiger partial charge in [-0.1, -0.05) is 0 Å². The minimum Gasteiger partial charge on any atom is -0.496 e. The number of hydrogen-bond donors (Lipinski definition) is 1. The highest BCUT2D eigenvalue weighted by Crippen LogP contribution is 2.18. The molecule has 0 aliphatic heterocycles. The van der Waals surface area contributed by atoms with E-state index in [0.29, 0.717) is 12.1 Å². The van der Waals surface area contributed by atoms with Crippen LogP contribution in [-0.4, -0.2) is 19.4 Å². The Morgan fingerprint density at radius 3 is 2.84 bits per heavy atom. The predicted octanol–water partition coefficient (Wildman–Crippen LogP) is 2.57. The number of rotatable bonds is 6. The summed E-state index contributed by atoms with van der Waals surface area (Å²) in [6.45, 7) is 2.76. The van der Waals surface area contributed by atoms with Crippen LogP contribution in [0.2, 0.25) is 0 Å². The molecule has 2 rings (SSSR count). The molecule has 1 aromatic carbocycles. The Hall–Kier alpha value is -2.07. The molecule has 0 saturated heterocycles. The molecule has 100 valence electrons. The van der Waals surface area contributed by atoms with Crippen molar-refractivity contribution in [2.45, 2.75) is 13.5 Å². The molecule has 2 aromatic rings. The summed E-state index contributed by atoms with van der Waals surface area (Å²) < 4.78 is 10.4. The summed E-state index contributed by atoms with van der Waals surface area (Å²) in [6, 6.07) is 9.13. The van der Waals surface area contributed by atoms with E-state index in [0.717, 1.165) is 17.1 Å². The molecule has 0 saturated carbocycles. The number of nitrogens with one attached hydrogen (secondary N) is 1. The summed E-state index contributed by atoms with van der Waals surface area (Å²) in [7, 11) is 1.62. The highest BCUT2D eigenvalue weighted by molar-refractivity contribution is 5.97. The Morgan fingerprint density at radius 1 is 1.37 bits per heavy atom. The van der Waals surface area contributed by atoms with Crippen molar-refractivity contribution in [2.75, 3.05) is 13.7 Å². The van der Waals surface area contributed by atoms with E-state index < -0.39 is 0 Å². The summed E-state index contributed by atoms with van der Waals surface area (Å²) in [5.74, 6) is 1.66. The fourth-order valence-corrected chi connectivity index (χ4v) is 1.87. The first-order valence-electron chi connectivity index (χ1n) is 6.11. The van der Waals surface area contributed by atoms with Gasteiger partial charge in [-0.15, -0.1) is 0 Å². The number of methoxy groups -OCH3 is 1. The molecule has 1 N–H and O–H groups in total. The maximum atomic E-state index is 12.0. The third-order valence-corrected chi connectivity index (χ3v) is 2.88. The number of benzene rings is 1. The van der Waals surface area contributed by atoms with E-state index in [1.807, 2.05) is 31.2 Å². The topological polar surface area (TPSA) is 51.5 Å². The molecular formula is C15H17NO3. The molecule has 0 unspecified atom stereocenters. The maximum Gasteiger partial charge on any atom is 0.176 e. The zero-order valence-corrected chi connectivity index (χ0v) is 11.1. The van der Waals surface area contributed by atoms with E-state index in [1.165, 1.54) is 0 Å². The second-order valence-electron chi connectivity index (χ2n) is 4.29. The first-order valence-corrected chi connectivity index (χ1v) is 6.11. The first-order chi connectivity index (χ1) is 9.20. The number of Topliss-reactive ketones (excluding diaryl/α,β-unsaturated/α-hetero) is 1. The fraction of sp³-hybridized carbons (Fsp3) is 0.267. The first kappa shape index (κ1) is 13.4. The number of carbonyl (C=O) groups excluding carboxylic acids is 1. The molecule has 0 radical (unpaired) electrons. The van der Waals surface area contributed by atoms with Crippen molar-refractivity contribution in [1.82, 2.24) is 5.32 Å². The second kappa shape index (κ2) is 6.20. The highest BCUT2D eigenvalue weighted by atomic mass is 16.5. The lowest BCUT2D eigenvalue weighted by Gasteiger charge is -2.07. The molecule has 4 heteroatoms. The fourth-order valence-electron chi connectivity index (χ4n) is 1.87. The van der Waals surface area contributed by atoms with Gasteiger partial charge in [-0.3, -0.25) is 4.79 Å². The Labute approximate surface area is 112 Å². The van der Waals surface area contributed by atoms with Gasteiger partial charge in [-0.05, 0) is 42.8 Å². The van der Waals surface area contributed by atoms with E-state index in [-0.39, 0.29) is 12.3 Å². The number of aryl methyl sites for hydroxylation is 1. The van der Waals surface area contributed by atoms with Gasteiger partial charge in [0.05, 0.1) is 26.5 Å². The van der Waals surface area contributed by atoms with Gasteiger partial charge in [-0.2, -0.15) is 0 Å². The number of hydrogen-bond acceptors (Lipinski definition) is 4. The van der Waals surface area contributed by atoms with Crippen LogP contribution < -0.4 is 10.1 Å². The molecule has 1 heterocycles. The predicted molar refractivity (Wildman–Crippen MR) is 72.5 cm³/mol. The van der Waals surface area contributed by atoms with Crippen molar-refractivity contribution >= 4 is 5.78 Å². The van der Waals surface area contributed by atoms with Crippen LogP contribution in [-0.2, 0) is 6.54 Å². The molecule has 0 aliphatic carbocycles. The van der Waals surface area contributed by atoms with Crippen molar-refractivity contribution < 1.29 is 13.9 Å². The van der Waals surface area contributed by atoms with E-state index in [1.54, 1.807) is 19.4 Å². The van der Waals surface area contributed by atoms with Crippen LogP contribution >= 0.6 is 0 Å². The standard InChI is InChI=1S/C15H17NO3/c1-11-8-12(5-6-15(11)18-2)14(17)10-16-9-13-4-3-7-19-13/h3-8,16H,9-10H2,1-2H3. The van der Waals surface area contributed by atoms with Gasteiger partial charge in [0, 0.05) is 5.56 Å². The molecule has 0 amide bonds. The van der Waals surface area contributed by atoms with E-state index in [4.69, 9.17) is 9.15 Å². The van der Waals surface area contributed by atoms with Gasteiger partial charge >= 0.3 is 0 Å². The largest absolute Gasteiger partial charge is 0.496 e. The van der Waals surface area contributed by atoms with Crippen LogP contribution in [0, 0.1) is 6.92 Å². The molecule has 1 aromatic heterocycles. The van der Waals surface area contributed by atoms with Crippen LogP contribution in [0.25, 0.3) is 0 Å². The van der Waals surface area contributed by atoms with Gasteiger partial charge in [0.2, 0.25) is 0 Å². The van der Waals surface area contributed by atoms with Gasteiger partial charge in [-0.25, -0.2) is 0 Å². The number of ketones is 1. The van der Waals surface area contributed by atoms with Crippen LogP contribution in [0.4, 0.5) is 0 Å². The maximum absolute atomic E-state index is 12.0. The molecule has 19 heavy (non-hydrogen) atoms. The van der Waals surface area contributed by atoms with Crippen molar-refractivity contribution in [3.63, 3.8) is 0 Å². The Morgan fingerprint density at radius 2 is 2.21 bits per heavy atom. The third kappa shape index (κ3) is 3.45. The summed E-state index contributed by atoms with van der Waals surface area (Å²) in [5.41, 5.74) is 1.64. The smallest absolute Gasteiger partial charge is 0.176 e. The summed E-state index contributed by atoms with van der Waals surface area (Å²) in [5, 5.41) is 3.06. The number of carbonyl (C=O) groups is 1. The lowest BCUT2D eigenvalue weighted by molar-refractivity contribution is 0.0990. The summed E-state index contributed by atoms with van der Waals surface area (Å²) in [4.78, 5) is 12.0. The van der Waals surface area contributed by atoms with Gasteiger partial charge in [0.15, 0.2) is 5.78 Å². The van der Waals surface area contributed by atoms with Crippen molar-refractivity contribution in [3.05, 3.63) is 53.5 Å². The summed E-state index contributed by atoms with van der Waals surface area (Å²) >= 11 is 0. The molecule has 0 spiro atoms. The quantitative estimate of drug-likeness (QED) is 0.810. The van der Waals surface area contributed by atoms with E-state index in [9.17, 15) is 4.79 Å². The zero-order valence-electron chi connectivity index (χ0n) is 11.1. The molecule has 4 nitrogen and oxygen atoms in total. The second-order valence-corrected chi connectivity index (χ2v) is 4.29. The number of furan rings is 1. The van der Waals surface area contributed by atoms with Crippen LogP contribution in [0.5, 0.6) is 5.75 Å². The Bertz CT molecular complexity index is 547. The van der Waals surface area contributed by atoms with E-state index in [2.05, 4.69) is 5.32 Å². The monoisotopic (exact) mass is 259 g/mol. The number of ether oxygens (including phenoxy) is 1. The summed E-state index contributed by atoms with van der Waals surface area (Å²) in [6.07, 6.45) is 1.62. The lowest BCUT2D eigenvalue weighted by Crippen LogP contribution is -2.22. The van der Waals surface area contributed by atoms with Crippen LogP contribution in [0.3, 0.4) is 0 Å². The third-order valence-electron chi connectivity index (χ3n) is 2.88. The minimum atomic E-state index is 0.0531. The van der Waals surface area contributed by atoms with E-state index >= 15 is 0 Å². The molecule has 0 fully saturated rings. The molecule has 0 aliphatic rings.